The third-order valence-electron chi connectivity index (χ3n) is 2.19. The summed E-state index contributed by atoms with van der Waals surface area (Å²) in [5, 5.41) is 6.34. The number of pyridine rings is 1. The van der Waals surface area contributed by atoms with Crippen molar-refractivity contribution in [2.75, 3.05) is 11.9 Å². The summed E-state index contributed by atoms with van der Waals surface area (Å²) in [4.78, 5) is 15.6. The van der Waals surface area contributed by atoms with E-state index in [0.29, 0.717) is 17.6 Å². The molecule has 1 unspecified atom stereocenters. The molecular formula is C12H18ClN3O. The summed E-state index contributed by atoms with van der Waals surface area (Å²) in [7, 11) is 0. The molecule has 0 fully saturated rings. The standard InChI is InChI=1S/C12H18ClN3O/c1-8(2)7-15-12(17)9(3)16-10-4-5-14-11(13)6-10/h4-6,8-9H,7H2,1-3H3,(H,14,16)(H,15,17). The van der Waals surface area contributed by atoms with E-state index in [0.717, 1.165) is 5.69 Å². The highest BCUT2D eigenvalue weighted by molar-refractivity contribution is 6.29. The molecule has 94 valence electrons. The van der Waals surface area contributed by atoms with Crippen LogP contribution in [-0.2, 0) is 4.79 Å². The smallest absolute Gasteiger partial charge is 0.242 e. The van der Waals surface area contributed by atoms with Gasteiger partial charge in [-0.2, -0.15) is 0 Å². The van der Waals surface area contributed by atoms with Gasteiger partial charge in [-0.25, -0.2) is 4.98 Å². The minimum absolute atomic E-state index is 0.0216. The van der Waals surface area contributed by atoms with E-state index < -0.39 is 0 Å². The summed E-state index contributed by atoms with van der Waals surface area (Å²) in [6, 6.07) is 3.17. The number of rotatable bonds is 5. The van der Waals surface area contributed by atoms with Gasteiger partial charge in [0.25, 0.3) is 0 Å². The van der Waals surface area contributed by atoms with E-state index in [9.17, 15) is 4.79 Å². The fourth-order valence-corrected chi connectivity index (χ4v) is 1.44. The van der Waals surface area contributed by atoms with Crippen molar-refractivity contribution >= 4 is 23.2 Å². The first kappa shape index (κ1) is 13.8. The van der Waals surface area contributed by atoms with Crippen LogP contribution in [0, 0.1) is 5.92 Å². The number of carbonyl (C=O) groups is 1. The van der Waals surface area contributed by atoms with Crippen LogP contribution < -0.4 is 10.6 Å². The van der Waals surface area contributed by atoms with Crippen LogP contribution in [0.2, 0.25) is 5.15 Å². The molecule has 2 N–H and O–H groups in total. The fraction of sp³-hybridized carbons (Fsp3) is 0.500. The summed E-state index contributed by atoms with van der Waals surface area (Å²) in [6.45, 7) is 6.61. The number of amides is 1. The van der Waals surface area contributed by atoms with Gasteiger partial charge >= 0.3 is 0 Å². The van der Waals surface area contributed by atoms with Crippen LogP contribution in [-0.4, -0.2) is 23.5 Å². The van der Waals surface area contributed by atoms with Gasteiger partial charge in [-0.3, -0.25) is 4.79 Å². The number of hydrogen-bond acceptors (Lipinski definition) is 3. The zero-order valence-electron chi connectivity index (χ0n) is 10.3. The Morgan fingerprint density at radius 1 is 1.47 bits per heavy atom. The highest BCUT2D eigenvalue weighted by atomic mass is 35.5. The third-order valence-corrected chi connectivity index (χ3v) is 2.39. The van der Waals surface area contributed by atoms with E-state index in [1.807, 2.05) is 6.92 Å². The SMILES string of the molecule is CC(C)CNC(=O)C(C)Nc1ccnc(Cl)c1. The van der Waals surface area contributed by atoms with Gasteiger partial charge < -0.3 is 10.6 Å². The van der Waals surface area contributed by atoms with Gasteiger partial charge in [0.15, 0.2) is 0 Å². The number of nitrogens with zero attached hydrogens (tertiary/aromatic N) is 1. The Balaban J connectivity index is 2.48. The Bertz CT molecular complexity index is 382. The predicted octanol–water partition coefficient (Wildman–Crippen LogP) is 2.31. The molecule has 17 heavy (non-hydrogen) atoms. The van der Waals surface area contributed by atoms with Crippen LogP contribution in [0.5, 0.6) is 0 Å². The van der Waals surface area contributed by atoms with E-state index in [2.05, 4.69) is 29.5 Å². The molecule has 4 nitrogen and oxygen atoms in total. The van der Waals surface area contributed by atoms with Gasteiger partial charge in [0.1, 0.15) is 11.2 Å². The number of carbonyl (C=O) groups excluding carboxylic acids is 1. The molecular weight excluding hydrogens is 238 g/mol. The second-order valence-corrected chi connectivity index (χ2v) is 4.76. The minimum atomic E-state index is -0.299. The van der Waals surface area contributed by atoms with Gasteiger partial charge in [-0.05, 0) is 25.0 Å². The highest BCUT2D eigenvalue weighted by Crippen LogP contribution is 2.12. The number of nitrogens with one attached hydrogen (secondary N) is 2. The number of halogens is 1. The van der Waals surface area contributed by atoms with Crippen molar-refractivity contribution in [3.63, 3.8) is 0 Å². The molecule has 1 rings (SSSR count). The summed E-state index contributed by atoms with van der Waals surface area (Å²) < 4.78 is 0. The van der Waals surface area contributed by atoms with Crippen molar-refractivity contribution in [3.8, 4) is 0 Å². The Morgan fingerprint density at radius 2 is 2.18 bits per heavy atom. The Morgan fingerprint density at radius 3 is 2.76 bits per heavy atom. The quantitative estimate of drug-likeness (QED) is 0.794. The predicted molar refractivity (Wildman–Crippen MR) is 70.2 cm³/mol. The van der Waals surface area contributed by atoms with Crippen LogP contribution >= 0.6 is 11.6 Å². The minimum Gasteiger partial charge on any atom is -0.374 e. The van der Waals surface area contributed by atoms with E-state index in [1.165, 1.54) is 0 Å². The molecule has 0 aromatic carbocycles. The first-order valence-corrected chi connectivity index (χ1v) is 6.02. The summed E-state index contributed by atoms with van der Waals surface area (Å²) >= 11 is 5.76. The van der Waals surface area contributed by atoms with Crippen LogP contribution in [0.15, 0.2) is 18.3 Å². The molecule has 0 bridgehead atoms. The normalized spacial score (nSPS) is 12.3. The second-order valence-electron chi connectivity index (χ2n) is 4.37. The molecule has 0 saturated carbocycles. The van der Waals surface area contributed by atoms with Crippen molar-refractivity contribution < 1.29 is 4.79 Å². The maximum atomic E-state index is 11.7. The van der Waals surface area contributed by atoms with Crippen LogP contribution in [0.1, 0.15) is 20.8 Å². The summed E-state index contributed by atoms with van der Waals surface area (Å²) in [6.07, 6.45) is 1.60. The largest absolute Gasteiger partial charge is 0.374 e. The molecule has 1 aromatic rings. The second kappa shape index (κ2) is 6.45. The first-order valence-electron chi connectivity index (χ1n) is 5.65. The average molecular weight is 256 g/mol. The molecule has 5 heteroatoms. The van der Waals surface area contributed by atoms with Gasteiger partial charge in [-0.1, -0.05) is 25.4 Å². The molecule has 1 amide bonds. The lowest BCUT2D eigenvalue weighted by atomic mass is 10.2. The van der Waals surface area contributed by atoms with Crippen LogP contribution in [0.25, 0.3) is 0 Å². The van der Waals surface area contributed by atoms with Crippen molar-refractivity contribution in [2.45, 2.75) is 26.8 Å². The van der Waals surface area contributed by atoms with Gasteiger partial charge in [-0.15, -0.1) is 0 Å². The third kappa shape index (κ3) is 5.04. The van der Waals surface area contributed by atoms with E-state index >= 15 is 0 Å². The Kier molecular flexibility index (Phi) is 5.22. The molecule has 0 aliphatic carbocycles. The topological polar surface area (TPSA) is 54.0 Å². The number of hydrogen-bond donors (Lipinski definition) is 2. The van der Waals surface area contributed by atoms with E-state index in [-0.39, 0.29) is 11.9 Å². The zero-order valence-corrected chi connectivity index (χ0v) is 11.1. The first-order chi connectivity index (χ1) is 7.99. The van der Waals surface area contributed by atoms with E-state index in [4.69, 9.17) is 11.6 Å². The number of anilines is 1. The van der Waals surface area contributed by atoms with Gasteiger partial charge in [0, 0.05) is 18.4 Å². The molecule has 1 aromatic heterocycles. The molecule has 0 radical (unpaired) electrons. The lowest BCUT2D eigenvalue weighted by Gasteiger charge is -2.16. The van der Waals surface area contributed by atoms with Crippen molar-refractivity contribution in [1.29, 1.82) is 0 Å². The van der Waals surface area contributed by atoms with Crippen molar-refractivity contribution in [2.24, 2.45) is 5.92 Å². The lowest BCUT2D eigenvalue weighted by Crippen LogP contribution is -2.39. The lowest BCUT2D eigenvalue weighted by molar-refractivity contribution is -0.121. The van der Waals surface area contributed by atoms with Crippen LogP contribution in [0.3, 0.4) is 0 Å². The highest BCUT2D eigenvalue weighted by Gasteiger charge is 2.12. The Hall–Kier alpha value is -1.29. The monoisotopic (exact) mass is 255 g/mol. The Labute approximate surface area is 107 Å². The summed E-state index contributed by atoms with van der Waals surface area (Å²) in [5.41, 5.74) is 0.789. The molecule has 1 atom stereocenters. The van der Waals surface area contributed by atoms with Gasteiger partial charge in [0.2, 0.25) is 5.91 Å². The zero-order chi connectivity index (χ0) is 12.8. The maximum Gasteiger partial charge on any atom is 0.242 e. The summed E-state index contributed by atoms with van der Waals surface area (Å²) in [5.74, 6) is 0.424. The van der Waals surface area contributed by atoms with Crippen molar-refractivity contribution in [3.05, 3.63) is 23.5 Å². The molecule has 0 saturated heterocycles. The molecule has 1 heterocycles. The molecule has 0 spiro atoms. The number of aromatic nitrogens is 1. The molecule has 0 aliphatic rings. The maximum absolute atomic E-state index is 11.7. The van der Waals surface area contributed by atoms with Crippen LogP contribution in [0.4, 0.5) is 5.69 Å². The fourth-order valence-electron chi connectivity index (χ4n) is 1.27. The van der Waals surface area contributed by atoms with E-state index in [1.54, 1.807) is 18.3 Å². The van der Waals surface area contributed by atoms with Crippen molar-refractivity contribution in [1.82, 2.24) is 10.3 Å². The average Bonchev–Trinajstić information content (AvgIpc) is 2.25. The van der Waals surface area contributed by atoms with Gasteiger partial charge in [0.05, 0.1) is 0 Å². The molecule has 0 aliphatic heterocycles.